The van der Waals surface area contributed by atoms with Crippen LogP contribution in [0.3, 0.4) is 0 Å². The molecular weight excluding hydrogens is 1600 g/mol. The van der Waals surface area contributed by atoms with E-state index in [-0.39, 0.29) is 5.41 Å². The first kappa shape index (κ1) is 99.0. The molecule has 16 aromatic carbocycles. The zero-order chi connectivity index (χ0) is 90.3. The molecule has 0 radical (unpaired) electrons. The van der Waals surface area contributed by atoms with Crippen molar-refractivity contribution in [2.75, 3.05) is 59.7 Å². The molecular formula is C114H133N5S5. The second kappa shape index (κ2) is 48.7. The van der Waals surface area contributed by atoms with Gasteiger partial charge in [-0.1, -0.05) is 423 Å². The number of benzene rings is 16. The summed E-state index contributed by atoms with van der Waals surface area (Å²) in [5, 5.41) is 13.1. The maximum Gasteiger partial charge on any atom is 0.0629 e. The highest BCUT2D eigenvalue weighted by Crippen LogP contribution is 2.58. The minimum Gasteiger partial charge on any atom is -0.343 e. The fourth-order valence-corrected chi connectivity index (χ4v) is 21.6. The zero-order valence-corrected chi connectivity index (χ0v) is 82.9. The van der Waals surface area contributed by atoms with Crippen molar-refractivity contribution in [1.29, 1.82) is 0 Å². The predicted octanol–water partition coefficient (Wildman–Crippen LogP) is 37.9. The van der Waals surface area contributed by atoms with Crippen LogP contribution in [0.15, 0.2) is 364 Å². The molecule has 0 N–H and O–H groups in total. The Morgan fingerprint density at radius 2 is 0.468 bits per heavy atom. The van der Waals surface area contributed by atoms with Gasteiger partial charge in [0.25, 0.3) is 0 Å². The summed E-state index contributed by atoms with van der Waals surface area (Å²) in [4.78, 5) is 24.9. The van der Waals surface area contributed by atoms with Crippen LogP contribution in [0.2, 0.25) is 0 Å². The lowest BCUT2D eigenvalue weighted by atomic mass is 9.82. The van der Waals surface area contributed by atoms with E-state index in [0.717, 1.165) is 0 Å². The molecule has 16 aromatic rings. The van der Waals surface area contributed by atoms with Crippen LogP contribution in [0.4, 0.5) is 56.9 Å². The quantitative estimate of drug-likeness (QED) is 0.145. The van der Waals surface area contributed by atoms with Crippen molar-refractivity contribution in [1.82, 2.24) is 0 Å². The molecule has 5 nitrogen and oxygen atoms in total. The molecule has 0 fully saturated rings. The molecule has 0 saturated carbocycles. The van der Waals surface area contributed by atoms with Gasteiger partial charge in [-0.3, -0.25) is 0 Å². The highest BCUT2D eigenvalue weighted by molar-refractivity contribution is 8.00. The third kappa shape index (κ3) is 21.0. The Hall–Kier alpha value is -10.4. The number of hydrogen-bond acceptors (Lipinski definition) is 10. The van der Waals surface area contributed by atoms with E-state index in [2.05, 4.69) is 389 Å². The molecule has 0 saturated heterocycles. The Morgan fingerprint density at radius 3 is 0.903 bits per heavy atom. The topological polar surface area (TPSA) is 16.2 Å². The average molecular weight is 1730 g/mol. The van der Waals surface area contributed by atoms with Crippen molar-refractivity contribution in [2.45, 2.75) is 207 Å². The van der Waals surface area contributed by atoms with E-state index < -0.39 is 0 Å². The van der Waals surface area contributed by atoms with Crippen LogP contribution in [-0.2, 0) is 5.41 Å². The fourth-order valence-electron chi connectivity index (χ4n) is 15.6. The first-order chi connectivity index (χ1) is 60.9. The van der Waals surface area contributed by atoms with E-state index in [1.807, 2.05) is 197 Å². The lowest BCUT2D eigenvalue weighted by molar-refractivity contribution is 0.660. The van der Waals surface area contributed by atoms with Gasteiger partial charge in [-0.25, -0.2) is 0 Å². The lowest BCUT2D eigenvalue weighted by Gasteiger charge is -2.31. The minimum atomic E-state index is 0.0590. The molecule has 644 valence electrons. The monoisotopic (exact) mass is 1730 g/mol. The Balaban J connectivity index is 0.000000183. The van der Waals surface area contributed by atoms with Gasteiger partial charge < -0.3 is 24.5 Å². The second-order valence-electron chi connectivity index (χ2n) is 27.4. The summed E-state index contributed by atoms with van der Waals surface area (Å²) >= 11 is 9.35. The summed E-state index contributed by atoms with van der Waals surface area (Å²) in [5.41, 5.74) is 18.7. The number of fused-ring (bicyclic) bond motifs is 21. The van der Waals surface area contributed by atoms with E-state index in [1.54, 1.807) is 0 Å². The summed E-state index contributed by atoms with van der Waals surface area (Å²) in [6, 6.07) is 114. The molecule has 22 rings (SSSR count). The van der Waals surface area contributed by atoms with Crippen LogP contribution < -0.4 is 24.5 Å². The van der Waals surface area contributed by atoms with Crippen molar-refractivity contribution >= 4 is 170 Å². The standard InChI is InChI=1S/C22H19NS.C21H15NS.3C17H13NS.10C2H6/c1-22(2)16-9-5-4-8-14(16)15-12-21-19(13-17(15)22)23(3)18-10-6-7-11-20(18)24-21;1-22-18-12-15-7-2-3-8-16(15)13-20(18)23-19-11-10-14-6-4-5-9-17(14)21(19)22;1-18-14-8-4-5-9-16(14)19-17-11-13-7-3-2-6-12(13)10-15(17)18;1-18-14-8-4-5-9-16(14)19-17-13-7-3-2-6-12(13)10-11-15(17)18;1-18-14-8-4-5-9-15(14)19-16-11-10-12-6-2-3-7-13(12)17(16)18;10*1-2/h4-13H,1-3H3;2-13H,1H3;3*2-11H,1H3;10*1-2H3. The molecule has 0 bridgehead atoms. The molecule has 5 heterocycles. The van der Waals surface area contributed by atoms with Crippen LogP contribution in [-0.4, -0.2) is 35.2 Å². The van der Waals surface area contributed by atoms with Gasteiger partial charge in [-0.05, 0) is 168 Å². The van der Waals surface area contributed by atoms with E-state index in [0.29, 0.717) is 0 Å². The number of rotatable bonds is 0. The molecule has 124 heavy (non-hydrogen) atoms. The SMILES string of the molecule is CC.CC.CC.CC.CC.CC.CC.CC.CC.CC.CN1c2cc3ccccc3cc2Sc2ccc3ccccc3c21.CN1c2ccccc2Sc2c1ccc1ccccc21.CN1c2ccccc2Sc2cc3c(cc21)C(C)(C)c1ccccc1-3.CN1c2ccccc2Sc2cc3ccccc3cc21.CN1c2ccccc2Sc2ccc3ccccc3c21. The third-order valence-electron chi connectivity index (χ3n) is 21.0. The van der Waals surface area contributed by atoms with Crippen molar-refractivity contribution in [2.24, 2.45) is 0 Å². The molecule has 6 aliphatic rings. The fraction of sp³-hybridized carbons (Fsp3) is 0.246. The molecule has 0 unspecified atom stereocenters. The smallest absolute Gasteiger partial charge is 0.0629 e. The highest BCUT2D eigenvalue weighted by atomic mass is 32.2. The number of para-hydroxylation sites is 4. The van der Waals surface area contributed by atoms with Crippen molar-refractivity contribution < 1.29 is 0 Å². The van der Waals surface area contributed by atoms with E-state index in [4.69, 9.17) is 0 Å². The number of anilines is 10. The summed E-state index contributed by atoms with van der Waals surface area (Å²) in [6.45, 7) is 44.7. The third-order valence-corrected chi connectivity index (χ3v) is 26.7. The van der Waals surface area contributed by atoms with E-state index >= 15 is 0 Å². The Morgan fingerprint density at radius 1 is 0.185 bits per heavy atom. The van der Waals surface area contributed by atoms with Gasteiger partial charge in [-0.15, -0.1) is 0 Å². The Kier molecular flexibility index (Phi) is 38.9. The largest absolute Gasteiger partial charge is 0.343 e. The van der Waals surface area contributed by atoms with Crippen molar-refractivity contribution in [3.8, 4) is 11.1 Å². The van der Waals surface area contributed by atoms with Crippen LogP contribution in [0, 0.1) is 0 Å². The molecule has 0 atom stereocenters. The van der Waals surface area contributed by atoms with Crippen LogP contribution in [0.5, 0.6) is 0 Å². The van der Waals surface area contributed by atoms with E-state index in [1.165, 1.54) is 182 Å². The van der Waals surface area contributed by atoms with Crippen LogP contribution >= 0.6 is 58.8 Å². The zero-order valence-electron chi connectivity index (χ0n) is 78.8. The van der Waals surface area contributed by atoms with Gasteiger partial charge in [0, 0.05) is 100 Å². The summed E-state index contributed by atoms with van der Waals surface area (Å²) in [7, 11) is 10.8. The molecule has 0 aromatic heterocycles. The Bertz CT molecular complexity index is 6070. The van der Waals surface area contributed by atoms with Gasteiger partial charge in [0.15, 0.2) is 0 Å². The summed E-state index contributed by atoms with van der Waals surface area (Å²) in [6.07, 6.45) is 0. The summed E-state index contributed by atoms with van der Waals surface area (Å²) in [5.74, 6) is 0. The van der Waals surface area contributed by atoms with Crippen molar-refractivity contribution in [3.63, 3.8) is 0 Å². The molecule has 0 amide bonds. The molecule has 10 heteroatoms. The van der Waals surface area contributed by atoms with Gasteiger partial charge >= 0.3 is 0 Å². The van der Waals surface area contributed by atoms with Gasteiger partial charge in [0.2, 0.25) is 0 Å². The first-order valence-electron chi connectivity index (χ1n) is 45.2. The first-order valence-corrected chi connectivity index (χ1v) is 49.3. The normalized spacial score (nSPS) is 12.1. The van der Waals surface area contributed by atoms with Gasteiger partial charge in [-0.2, -0.15) is 0 Å². The minimum absolute atomic E-state index is 0.0590. The second-order valence-corrected chi connectivity index (χ2v) is 32.8. The summed E-state index contributed by atoms with van der Waals surface area (Å²) < 4.78 is 0. The average Bonchev–Trinajstić information content (AvgIpc) is 1.56. The van der Waals surface area contributed by atoms with Crippen LogP contribution in [0.1, 0.15) is 163 Å². The molecule has 5 aliphatic heterocycles. The number of nitrogens with zero attached hydrogens (tertiary/aromatic N) is 5. The lowest BCUT2D eigenvalue weighted by Crippen LogP contribution is -2.18. The van der Waals surface area contributed by atoms with Crippen molar-refractivity contribution in [3.05, 3.63) is 327 Å². The predicted molar refractivity (Wildman–Crippen MR) is 564 cm³/mol. The number of hydrogen-bond donors (Lipinski definition) is 0. The van der Waals surface area contributed by atoms with Crippen LogP contribution in [0.25, 0.3) is 65.0 Å². The molecule has 1 aliphatic carbocycles. The van der Waals surface area contributed by atoms with Gasteiger partial charge in [0.1, 0.15) is 0 Å². The Labute approximate surface area is 767 Å². The highest BCUT2D eigenvalue weighted by Gasteiger charge is 2.38. The molecule has 0 spiro atoms. The maximum atomic E-state index is 2.41. The van der Waals surface area contributed by atoms with E-state index in [9.17, 15) is 0 Å². The van der Waals surface area contributed by atoms with Gasteiger partial charge in [0.05, 0.1) is 56.9 Å². The maximum absolute atomic E-state index is 2.41.